The minimum atomic E-state index is -0.936. The molecule has 0 bridgehead atoms. The van der Waals surface area contributed by atoms with Crippen LogP contribution in [-0.2, 0) is 0 Å². The molecule has 1 amide bonds. The Bertz CT molecular complexity index is 458. The van der Waals surface area contributed by atoms with Gasteiger partial charge >= 0.3 is 0 Å². The first-order valence-electron chi connectivity index (χ1n) is 6.14. The summed E-state index contributed by atoms with van der Waals surface area (Å²) in [6.45, 7) is 5.98. The number of rotatable bonds is 5. The number of anilines is 1. The van der Waals surface area contributed by atoms with Gasteiger partial charge in [0.1, 0.15) is 11.0 Å². The number of carbonyl (C=O) groups excluding carboxylic acids is 1. The number of carbonyl (C=O) groups is 1. The Labute approximate surface area is 118 Å². The molecule has 0 aromatic carbocycles. The second-order valence-electron chi connectivity index (χ2n) is 4.95. The summed E-state index contributed by atoms with van der Waals surface area (Å²) in [4.78, 5) is 18.0. The molecule has 0 radical (unpaired) electrons. The first kappa shape index (κ1) is 15.7. The molecule has 5 nitrogen and oxygen atoms in total. The van der Waals surface area contributed by atoms with Crippen LogP contribution in [0, 0.1) is 0 Å². The van der Waals surface area contributed by atoms with Gasteiger partial charge in [-0.25, -0.2) is 4.98 Å². The Morgan fingerprint density at radius 1 is 1.53 bits per heavy atom. The van der Waals surface area contributed by atoms with Gasteiger partial charge in [0.25, 0.3) is 5.91 Å². The summed E-state index contributed by atoms with van der Waals surface area (Å²) in [5.74, 6) is 0.362. The highest BCUT2D eigenvalue weighted by atomic mass is 35.5. The Morgan fingerprint density at radius 3 is 2.63 bits per heavy atom. The highest BCUT2D eigenvalue weighted by molar-refractivity contribution is 6.29. The largest absolute Gasteiger partial charge is 0.389 e. The predicted octanol–water partition coefficient (Wildman–Crippen LogP) is 2.01. The molecule has 0 unspecified atom stereocenters. The van der Waals surface area contributed by atoms with Crippen LogP contribution >= 0.6 is 11.6 Å². The lowest BCUT2D eigenvalue weighted by atomic mass is 10.1. The number of pyridine rings is 1. The van der Waals surface area contributed by atoms with E-state index in [-0.39, 0.29) is 17.6 Å². The van der Waals surface area contributed by atoms with Crippen LogP contribution < -0.4 is 5.32 Å². The fourth-order valence-corrected chi connectivity index (χ4v) is 1.93. The molecule has 0 saturated carbocycles. The third-order valence-corrected chi connectivity index (χ3v) is 2.74. The topological polar surface area (TPSA) is 65.5 Å². The first-order valence-corrected chi connectivity index (χ1v) is 6.51. The fraction of sp³-hybridized carbons (Fsp3) is 0.538. The van der Waals surface area contributed by atoms with Gasteiger partial charge in [0.2, 0.25) is 0 Å². The van der Waals surface area contributed by atoms with Crippen molar-refractivity contribution in [1.29, 1.82) is 0 Å². The maximum atomic E-state index is 12.4. The second kappa shape index (κ2) is 6.21. The van der Waals surface area contributed by atoms with Gasteiger partial charge in [0, 0.05) is 25.7 Å². The third-order valence-electron chi connectivity index (χ3n) is 2.54. The number of nitrogens with zero attached hydrogens (tertiary/aromatic N) is 2. The molecule has 2 N–H and O–H groups in total. The van der Waals surface area contributed by atoms with Gasteiger partial charge in [0.05, 0.1) is 5.60 Å². The molecule has 0 aliphatic rings. The zero-order valence-corrected chi connectivity index (χ0v) is 12.5. The molecule has 106 valence electrons. The van der Waals surface area contributed by atoms with E-state index in [1.807, 2.05) is 6.92 Å². The van der Waals surface area contributed by atoms with Crippen LogP contribution in [0.5, 0.6) is 0 Å². The van der Waals surface area contributed by atoms with Crippen molar-refractivity contribution in [2.45, 2.75) is 26.4 Å². The summed E-state index contributed by atoms with van der Waals surface area (Å²) in [5, 5.41) is 12.9. The predicted molar refractivity (Wildman–Crippen MR) is 76.7 cm³/mol. The van der Waals surface area contributed by atoms with Gasteiger partial charge in [-0.15, -0.1) is 0 Å². The zero-order chi connectivity index (χ0) is 14.6. The molecule has 0 saturated heterocycles. The molecule has 1 rings (SSSR count). The normalized spacial score (nSPS) is 11.3. The summed E-state index contributed by atoms with van der Waals surface area (Å²) in [7, 11) is 1.71. The van der Waals surface area contributed by atoms with Crippen molar-refractivity contribution >= 4 is 23.3 Å². The van der Waals surface area contributed by atoms with Crippen molar-refractivity contribution in [2.75, 3.05) is 25.5 Å². The van der Waals surface area contributed by atoms with Crippen LogP contribution in [0.4, 0.5) is 5.82 Å². The summed E-state index contributed by atoms with van der Waals surface area (Å²) in [6.07, 6.45) is 0. The quantitative estimate of drug-likeness (QED) is 0.812. The highest BCUT2D eigenvalue weighted by Gasteiger charge is 2.22. The van der Waals surface area contributed by atoms with E-state index in [4.69, 9.17) is 11.6 Å². The summed E-state index contributed by atoms with van der Waals surface area (Å²) in [5.41, 5.74) is -0.482. The Morgan fingerprint density at radius 2 is 2.16 bits per heavy atom. The molecule has 0 aliphatic carbocycles. The number of aliphatic hydroxyl groups is 1. The third kappa shape index (κ3) is 4.69. The van der Waals surface area contributed by atoms with E-state index >= 15 is 0 Å². The van der Waals surface area contributed by atoms with Crippen molar-refractivity contribution in [2.24, 2.45) is 0 Å². The molecular weight excluding hydrogens is 266 g/mol. The van der Waals surface area contributed by atoms with Crippen molar-refractivity contribution < 1.29 is 9.90 Å². The van der Waals surface area contributed by atoms with Crippen molar-refractivity contribution in [3.63, 3.8) is 0 Å². The molecule has 1 aromatic heterocycles. The zero-order valence-electron chi connectivity index (χ0n) is 11.7. The number of nitrogens with one attached hydrogen (secondary N) is 1. The highest BCUT2D eigenvalue weighted by Crippen LogP contribution is 2.17. The molecular formula is C13H20ClN3O2. The first-order chi connectivity index (χ1) is 8.76. The SMILES string of the molecule is CCN(CC(C)(C)O)C(=O)c1cc(Cl)nc(NC)c1. The van der Waals surface area contributed by atoms with Crippen molar-refractivity contribution in [3.05, 3.63) is 22.8 Å². The maximum Gasteiger partial charge on any atom is 0.254 e. The van der Waals surface area contributed by atoms with E-state index in [1.165, 1.54) is 6.07 Å². The molecule has 0 aliphatic heterocycles. The lowest BCUT2D eigenvalue weighted by Gasteiger charge is -2.28. The number of hydrogen-bond acceptors (Lipinski definition) is 4. The molecule has 19 heavy (non-hydrogen) atoms. The van der Waals surface area contributed by atoms with E-state index < -0.39 is 5.60 Å². The average Bonchev–Trinajstić information content (AvgIpc) is 2.33. The molecule has 1 heterocycles. The van der Waals surface area contributed by atoms with Gasteiger partial charge in [-0.1, -0.05) is 11.6 Å². The standard InChI is InChI=1S/C13H20ClN3O2/c1-5-17(8-13(2,3)19)12(18)9-6-10(14)16-11(7-9)15-4/h6-7,19H,5,8H2,1-4H3,(H,15,16). The van der Waals surface area contributed by atoms with E-state index in [1.54, 1.807) is 31.9 Å². The van der Waals surface area contributed by atoms with Gasteiger partial charge in [-0.2, -0.15) is 0 Å². The Kier molecular flexibility index (Phi) is 5.14. The lowest BCUT2D eigenvalue weighted by molar-refractivity contribution is 0.0314. The Balaban J connectivity index is 3.00. The van der Waals surface area contributed by atoms with Crippen LogP contribution in [-0.4, -0.2) is 46.6 Å². The monoisotopic (exact) mass is 285 g/mol. The van der Waals surface area contributed by atoms with E-state index in [0.717, 1.165) is 0 Å². The number of aromatic nitrogens is 1. The maximum absolute atomic E-state index is 12.4. The summed E-state index contributed by atoms with van der Waals surface area (Å²) in [6, 6.07) is 3.17. The minimum Gasteiger partial charge on any atom is -0.389 e. The van der Waals surface area contributed by atoms with Gasteiger partial charge in [-0.05, 0) is 32.9 Å². The molecule has 0 atom stereocenters. The molecule has 6 heteroatoms. The van der Waals surface area contributed by atoms with Crippen LogP contribution in [0.15, 0.2) is 12.1 Å². The van der Waals surface area contributed by atoms with Crippen LogP contribution in [0.2, 0.25) is 5.15 Å². The average molecular weight is 286 g/mol. The van der Waals surface area contributed by atoms with Crippen LogP contribution in [0.3, 0.4) is 0 Å². The van der Waals surface area contributed by atoms with Crippen LogP contribution in [0.25, 0.3) is 0 Å². The smallest absolute Gasteiger partial charge is 0.254 e. The van der Waals surface area contributed by atoms with Gasteiger partial charge in [0.15, 0.2) is 0 Å². The molecule has 0 fully saturated rings. The number of hydrogen-bond donors (Lipinski definition) is 2. The van der Waals surface area contributed by atoms with Crippen molar-refractivity contribution in [1.82, 2.24) is 9.88 Å². The van der Waals surface area contributed by atoms with E-state index in [0.29, 0.717) is 17.9 Å². The van der Waals surface area contributed by atoms with E-state index in [2.05, 4.69) is 10.3 Å². The van der Waals surface area contributed by atoms with E-state index in [9.17, 15) is 9.90 Å². The number of halogens is 1. The van der Waals surface area contributed by atoms with Crippen molar-refractivity contribution in [3.8, 4) is 0 Å². The number of amides is 1. The number of likely N-dealkylation sites (N-methyl/N-ethyl adjacent to an activating group) is 1. The Hall–Kier alpha value is -1.33. The molecule has 0 spiro atoms. The second-order valence-corrected chi connectivity index (χ2v) is 5.33. The lowest BCUT2D eigenvalue weighted by Crippen LogP contribution is -2.42. The summed E-state index contributed by atoms with van der Waals surface area (Å²) < 4.78 is 0. The minimum absolute atomic E-state index is 0.176. The van der Waals surface area contributed by atoms with Gasteiger partial charge in [-0.3, -0.25) is 4.79 Å². The van der Waals surface area contributed by atoms with Crippen LogP contribution in [0.1, 0.15) is 31.1 Å². The molecule has 1 aromatic rings. The summed E-state index contributed by atoms with van der Waals surface area (Å²) >= 11 is 5.88. The van der Waals surface area contributed by atoms with Gasteiger partial charge < -0.3 is 15.3 Å². The fourth-order valence-electron chi connectivity index (χ4n) is 1.73.